The van der Waals surface area contributed by atoms with Crippen LogP contribution in [0.5, 0.6) is 0 Å². The van der Waals surface area contributed by atoms with Gasteiger partial charge in [-0.1, -0.05) is 0 Å². The van der Waals surface area contributed by atoms with Crippen LogP contribution < -0.4 is 5.32 Å². The smallest absolute Gasteiger partial charge is 0.407 e. The van der Waals surface area contributed by atoms with Gasteiger partial charge < -0.3 is 10.1 Å². The van der Waals surface area contributed by atoms with Gasteiger partial charge >= 0.3 is 6.09 Å². The first-order chi connectivity index (χ1) is 6.78. The van der Waals surface area contributed by atoms with Crippen LogP contribution in [0, 0.1) is 0 Å². The van der Waals surface area contributed by atoms with Crippen LogP contribution in [0.2, 0.25) is 0 Å². The van der Waals surface area contributed by atoms with Crippen LogP contribution in [0.1, 0.15) is 32.6 Å². The SMILES string of the molecule is CCOC(=O)NC1CC2CCC(C1)S2. The van der Waals surface area contributed by atoms with E-state index in [1.165, 1.54) is 12.8 Å². The lowest BCUT2D eigenvalue weighted by Crippen LogP contribution is -2.39. The molecule has 80 valence electrons. The average Bonchev–Trinajstić information content (AvgIpc) is 2.46. The molecule has 2 bridgehead atoms. The molecule has 0 spiro atoms. The Morgan fingerprint density at radius 2 is 2.07 bits per heavy atom. The third kappa shape index (κ3) is 2.35. The normalized spacial score (nSPS) is 35.4. The highest BCUT2D eigenvalue weighted by atomic mass is 32.2. The summed E-state index contributed by atoms with van der Waals surface area (Å²) in [4.78, 5) is 11.2. The lowest BCUT2D eigenvalue weighted by atomic mass is 10.1. The first kappa shape index (κ1) is 10.1. The number of hydrogen-bond acceptors (Lipinski definition) is 3. The molecular weight excluding hydrogens is 198 g/mol. The molecule has 2 rings (SSSR count). The molecule has 3 nitrogen and oxygen atoms in total. The Morgan fingerprint density at radius 3 is 2.64 bits per heavy atom. The lowest BCUT2D eigenvalue weighted by Gasteiger charge is -2.27. The number of rotatable bonds is 2. The van der Waals surface area contributed by atoms with Gasteiger partial charge in [-0.05, 0) is 32.6 Å². The maximum atomic E-state index is 11.2. The van der Waals surface area contributed by atoms with Crippen LogP contribution in [0.25, 0.3) is 0 Å². The van der Waals surface area contributed by atoms with Crippen molar-refractivity contribution >= 4 is 17.9 Å². The van der Waals surface area contributed by atoms with Crippen molar-refractivity contribution in [3.05, 3.63) is 0 Å². The maximum absolute atomic E-state index is 11.2. The fraction of sp³-hybridized carbons (Fsp3) is 0.900. The van der Waals surface area contributed by atoms with Crippen LogP contribution in [0.15, 0.2) is 0 Å². The summed E-state index contributed by atoms with van der Waals surface area (Å²) < 4.78 is 4.88. The summed E-state index contributed by atoms with van der Waals surface area (Å²) in [5.41, 5.74) is 0. The van der Waals surface area contributed by atoms with Gasteiger partial charge in [0.15, 0.2) is 0 Å². The Hall–Kier alpha value is -0.380. The third-order valence-electron chi connectivity index (χ3n) is 2.89. The molecule has 2 unspecified atom stereocenters. The van der Waals surface area contributed by atoms with Gasteiger partial charge in [-0.2, -0.15) is 11.8 Å². The molecule has 0 aromatic heterocycles. The van der Waals surface area contributed by atoms with Crippen molar-refractivity contribution in [1.82, 2.24) is 5.32 Å². The minimum absolute atomic E-state index is 0.246. The van der Waals surface area contributed by atoms with Crippen molar-refractivity contribution in [2.45, 2.75) is 49.1 Å². The summed E-state index contributed by atoms with van der Waals surface area (Å²) in [6.45, 7) is 2.29. The number of thioether (sulfide) groups is 1. The highest BCUT2D eigenvalue weighted by Gasteiger charge is 2.35. The van der Waals surface area contributed by atoms with Crippen molar-refractivity contribution in [1.29, 1.82) is 0 Å². The molecule has 14 heavy (non-hydrogen) atoms. The molecule has 2 fully saturated rings. The second kappa shape index (κ2) is 4.43. The summed E-state index contributed by atoms with van der Waals surface area (Å²) in [7, 11) is 0. The standard InChI is InChI=1S/C10H17NO2S/c1-2-13-10(12)11-7-5-8-3-4-9(6-7)14-8/h7-9H,2-6H2,1H3,(H,11,12). The lowest BCUT2D eigenvalue weighted by molar-refractivity contribution is 0.147. The number of fused-ring (bicyclic) bond motifs is 2. The molecule has 0 saturated carbocycles. The van der Waals surface area contributed by atoms with E-state index in [2.05, 4.69) is 17.1 Å². The predicted octanol–water partition coefficient (Wildman–Crippen LogP) is 2.16. The molecule has 2 aliphatic rings. The van der Waals surface area contributed by atoms with E-state index >= 15 is 0 Å². The first-order valence-electron chi connectivity index (χ1n) is 5.36. The zero-order valence-corrected chi connectivity index (χ0v) is 9.31. The summed E-state index contributed by atoms with van der Waals surface area (Å²) in [6.07, 6.45) is 4.66. The number of hydrogen-bond donors (Lipinski definition) is 1. The highest BCUT2D eigenvalue weighted by Crippen LogP contribution is 2.43. The fourth-order valence-electron chi connectivity index (χ4n) is 2.32. The van der Waals surface area contributed by atoms with E-state index in [-0.39, 0.29) is 6.09 Å². The molecule has 4 heteroatoms. The van der Waals surface area contributed by atoms with Gasteiger partial charge in [0, 0.05) is 16.5 Å². The van der Waals surface area contributed by atoms with E-state index in [9.17, 15) is 4.79 Å². The summed E-state index contributed by atoms with van der Waals surface area (Å²) in [6, 6.07) is 0.354. The number of nitrogens with one attached hydrogen (secondary N) is 1. The zero-order chi connectivity index (χ0) is 9.97. The molecule has 0 radical (unpaired) electrons. The van der Waals surface area contributed by atoms with E-state index < -0.39 is 0 Å². The quantitative estimate of drug-likeness (QED) is 0.767. The van der Waals surface area contributed by atoms with Crippen molar-refractivity contribution in [3.63, 3.8) is 0 Å². The summed E-state index contributed by atoms with van der Waals surface area (Å²) in [5.74, 6) is 0. The molecule has 0 aromatic carbocycles. The van der Waals surface area contributed by atoms with Crippen LogP contribution in [-0.4, -0.2) is 29.2 Å². The number of ether oxygens (including phenoxy) is 1. The predicted molar refractivity (Wildman–Crippen MR) is 57.6 cm³/mol. The van der Waals surface area contributed by atoms with E-state index in [4.69, 9.17) is 4.74 Å². The maximum Gasteiger partial charge on any atom is 0.407 e. The van der Waals surface area contributed by atoms with Crippen molar-refractivity contribution in [3.8, 4) is 0 Å². The van der Waals surface area contributed by atoms with Gasteiger partial charge in [0.05, 0.1) is 6.61 Å². The number of carbonyl (C=O) groups is 1. The molecule has 2 heterocycles. The van der Waals surface area contributed by atoms with Gasteiger partial charge in [0.2, 0.25) is 0 Å². The van der Waals surface area contributed by atoms with E-state index in [0.717, 1.165) is 23.3 Å². The Labute approximate surface area is 89.0 Å². The van der Waals surface area contributed by atoms with E-state index in [0.29, 0.717) is 12.6 Å². The number of amides is 1. The Balaban J connectivity index is 1.79. The van der Waals surface area contributed by atoms with Gasteiger partial charge in [0.25, 0.3) is 0 Å². The minimum Gasteiger partial charge on any atom is -0.450 e. The largest absolute Gasteiger partial charge is 0.450 e. The molecule has 2 atom stereocenters. The first-order valence-corrected chi connectivity index (χ1v) is 6.31. The van der Waals surface area contributed by atoms with Gasteiger partial charge in [-0.25, -0.2) is 4.79 Å². The molecule has 0 aromatic rings. The second-order valence-electron chi connectivity index (χ2n) is 3.99. The molecule has 1 amide bonds. The molecule has 0 aliphatic carbocycles. The average molecular weight is 215 g/mol. The second-order valence-corrected chi connectivity index (χ2v) is 5.60. The van der Waals surface area contributed by atoms with E-state index in [1.54, 1.807) is 0 Å². The van der Waals surface area contributed by atoms with Crippen LogP contribution in [-0.2, 0) is 4.74 Å². The number of carbonyl (C=O) groups excluding carboxylic acids is 1. The van der Waals surface area contributed by atoms with Crippen LogP contribution in [0.4, 0.5) is 4.79 Å². The Morgan fingerprint density at radius 1 is 1.43 bits per heavy atom. The summed E-state index contributed by atoms with van der Waals surface area (Å²) >= 11 is 2.10. The third-order valence-corrected chi connectivity index (χ3v) is 4.51. The molecule has 2 saturated heterocycles. The van der Waals surface area contributed by atoms with Crippen LogP contribution in [0.3, 0.4) is 0 Å². The molecule has 1 N–H and O–H groups in total. The van der Waals surface area contributed by atoms with Gasteiger partial charge in [0.1, 0.15) is 0 Å². The Kier molecular flexibility index (Phi) is 3.21. The topological polar surface area (TPSA) is 38.3 Å². The monoisotopic (exact) mass is 215 g/mol. The molecule has 2 aliphatic heterocycles. The van der Waals surface area contributed by atoms with Crippen molar-refractivity contribution in [2.75, 3.05) is 6.61 Å². The zero-order valence-electron chi connectivity index (χ0n) is 8.49. The fourth-order valence-corrected chi connectivity index (χ4v) is 4.09. The minimum atomic E-state index is -0.246. The van der Waals surface area contributed by atoms with Gasteiger partial charge in [-0.15, -0.1) is 0 Å². The van der Waals surface area contributed by atoms with E-state index in [1.807, 2.05) is 6.92 Å². The van der Waals surface area contributed by atoms with Crippen molar-refractivity contribution < 1.29 is 9.53 Å². The van der Waals surface area contributed by atoms with Crippen LogP contribution >= 0.6 is 11.8 Å². The highest BCUT2D eigenvalue weighted by molar-refractivity contribution is 8.00. The van der Waals surface area contributed by atoms with Crippen molar-refractivity contribution in [2.24, 2.45) is 0 Å². The Bertz CT molecular complexity index is 210. The molecular formula is C10H17NO2S. The van der Waals surface area contributed by atoms with Gasteiger partial charge in [-0.3, -0.25) is 0 Å². The summed E-state index contributed by atoms with van der Waals surface area (Å²) in [5, 5.41) is 4.50. The number of alkyl carbamates (subject to hydrolysis) is 1.